The van der Waals surface area contributed by atoms with Crippen LogP contribution >= 0.6 is 23.2 Å². The lowest BCUT2D eigenvalue weighted by Gasteiger charge is -2.27. The number of rotatable bonds is 1. The second-order valence-corrected chi connectivity index (χ2v) is 5.57. The Hall–Kier alpha value is -0.990. The lowest BCUT2D eigenvalue weighted by molar-refractivity contribution is 0.704. The molecule has 1 atom stereocenters. The zero-order valence-electron chi connectivity index (χ0n) is 10.4. The Kier molecular flexibility index (Phi) is 2.87. The van der Waals surface area contributed by atoms with E-state index in [2.05, 4.69) is 23.7 Å². The number of halogens is 2. The van der Waals surface area contributed by atoms with Crippen LogP contribution < -0.4 is 4.90 Å². The molecule has 18 heavy (non-hydrogen) atoms. The van der Waals surface area contributed by atoms with Gasteiger partial charge in [-0.2, -0.15) is 0 Å². The second-order valence-electron chi connectivity index (χ2n) is 4.77. The summed E-state index contributed by atoms with van der Waals surface area (Å²) in [7, 11) is 0. The monoisotopic (exact) mass is 280 g/mol. The molecule has 0 amide bonds. The topological polar surface area (TPSA) is 15.6 Å². The quantitative estimate of drug-likeness (QED) is 0.725. The number of aliphatic imine (C=N–C) groups is 1. The Morgan fingerprint density at radius 3 is 2.89 bits per heavy atom. The highest BCUT2D eigenvalue weighted by molar-refractivity contribution is 6.70. The third kappa shape index (κ3) is 1.67. The number of benzene rings is 1. The lowest BCUT2D eigenvalue weighted by Crippen LogP contribution is -2.25. The van der Waals surface area contributed by atoms with E-state index in [4.69, 9.17) is 23.2 Å². The maximum absolute atomic E-state index is 6.34. The molecule has 2 aliphatic heterocycles. The van der Waals surface area contributed by atoms with Crippen molar-refractivity contribution in [1.29, 1.82) is 0 Å². The molecule has 0 bridgehead atoms. The molecule has 3 rings (SSSR count). The van der Waals surface area contributed by atoms with Crippen molar-refractivity contribution in [3.05, 3.63) is 34.5 Å². The van der Waals surface area contributed by atoms with E-state index in [0.717, 1.165) is 30.0 Å². The fourth-order valence-electron chi connectivity index (χ4n) is 2.83. The van der Waals surface area contributed by atoms with Gasteiger partial charge in [0.15, 0.2) is 5.17 Å². The van der Waals surface area contributed by atoms with Crippen molar-refractivity contribution < 1.29 is 0 Å². The van der Waals surface area contributed by atoms with Crippen LogP contribution in [0.5, 0.6) is 0 Å². The molecule has 0 saturated carbocycles. The van der Waals surface area contributed by atoms with Crippen molar-refractivity contribution in [2.24, 2.45) is 10.9 Å². The zero-order valence-corrected chi connectivity index (χ0v) is 11.9. The van der Waals surface area contributed by atoms with Crippen molar-refractivity contribution in [3.8, 4) is 0 Å². The van der Waals surface area contributed by atoms with Gasteiger partial charge in [0.05, 0.1) is 17.1 Å². The highest BCUT2D eigenvalue weighted by atomic mass is 35.5. The Morgan fingerprint density at radius 1 is 1.39 bits per heavy atom. The van der Waals surface area contributed by atoms with Gasteiger partial charge < -0.3 is 4.90 Å². The minimum Gasteiger partial charge on any atom is -0.337 e. The summed E-state index contributed by atoms with van der Waals surface area (Å²) in [6, 6.07) is 5.79. The van der Waals surface area contributed by atoms with E-state index < -0.39 is 0 Å². The molecule has 0 aromatic heterocycles. The Morgan fingerprint density at radius 2 is 2.17 bits per heavy atom. The van der Waals surface area contributed by atoms with Crippen LogP contribution in [0.15, 0.2) is 34.5 Å². The summed E-state index contributed by atoms with van der Waals surface area (Å²) < 4.78 is 0. The maximum atomic E-state index is 6.34. The normalized spacial score (nSPS) is 21.9. The number of anilines is 1. The van der Waals surface area contributed by atoms with E-state index in [9.17, 15) is 0 Å². The van der Waals surface area contributed by atoms with E-state index in [0.29, 0.717) is 16.1 Å². The predicted octanol–water partition coefficient (Wildman–Crippen LogP) is 4.74. The van der Waals surface area contributed by atoms with Crippen molar-refractivity contribution in [3.63, 3.8) is 0 Å². The molecule has 1 aromatic carbocycles. The van der Waals surface area contributed by atoms with Crippen LogP contribution in [0.3, 0.4) is 0 Å². The van der Waals surface area contributed by atoms with Gasteiger partial charge in [-0.05, 0) is 36.1 Å². The predicted molar refractivity (Wildman–Crippen MR) is 78.2 cm³/mol. The van der Waals surface area contributed by atoms with E-state index in [1.165, 1.54) is 5.57 Å². The third-order valence-electron chi connectivity index (χ3n) is 3.65. The summed E-state index contributed by atoms with van der Waals surface area (Å²) in [4.78, 5) is 6.75. The van der Waals surface area contributed by atoms with Crippen LogP contribution in [0, 0.1) is 5.92 Å². The Balaban J connectivity index is 2.20. The molecule has 0 spiro atoms. The molecule has 4 heteroatoms. The highest BCUT2D eigenvalue weighted by Gasteiger charge is 2.34. The van der Waals surface area contributed by atoms with Gasteiger partial charge in [0.2, 0.25) is 0 Å². The smallest absolute Gasteiger partial charge is 0.153 e. The number of hydrogen-bond acceptors (Lipinski definition) is 2. The molecule has 0 aliphatic carbocycles. The summed E-state index contributed by atoms with van der Waals surface area (Å²) in [6.07, 6.45) is 1.02. The second kappa shape index (κ2) is 4.29. The van der Waals surface area contributed by atoms with Gasteiger partial charge in [0, 0.05) is 11.6 Å². The first-order valence-corrected chi connectivity index (χ1v) is 6.92. The van der Waals surface area contributed by atoms with E-state index >= 15 is 0 Å². The van der Waals surface area contributed by atoms with Gasteiger partial charge in [-0.25, -0.2) is 4.99 Å². The molecular weight excluding hydrogens is 267 g/mol. The van der Waals surface area contributed by atoms with Crippen molar-refractivity contribution >= 4 is 39.7 Å². The average Bonchev–Trinajstić information content (AvgIpc) is 2.66. The number of fused-ring (bicyclic) bond motifs is 3. The van der Waals surface area contributed by atoms with Crippen molar-refractivity contribution in [1.82, 2.24) is 0 Å². The van der Waals surface area contributed by atoms with Crippen LogP contribution in [0.2, 0.25) is 5.02 Å². The van der Waals surface area contributed by atoms with Gasteiger partial charge in [-0.3, -0.25) is 0 Å². The number of allylic oxidation sites excluding steroid dienone is 1. The Bertz CT molecular complexity index is 575. The number of nitrogens with zero attached hydrogens (tertiary/aromatic N) is 2. The molecule has 2 aliphatic rings. The number of hydrogen-bond donors (Lipinski definition) is 0. The fraction of sp³-hybridized carbons (Fsp3) is 0.357. The first-order valence-electron chi connectivity index (χ1n) is 6.16. The Labute approximate surface area is 117 Å². The van der Waals surface area contributed by atoms with E-state index in [1.54, 1.807) is 0 Å². The standard InChI is InChI=1S/C14H14Cl2N2/c1-3-10-8(2)7-18-12-5-4-9(15)6-11(12)17-14(16)13(10)18/h4-6,8H,3,7H2,1-2H3. The minimum absolute atomic E-state index is 0.524. The van der Waals surface area contributed by atoms with Crippen molar-refractivity contribution in [2.45, 2.75) is 20.3 Å². The summed E-state index contributed by atoms with van der Waals surface area (Å²) in [5, 5.41) is 1.28. The average molecular weight is 281 g/mol. The molecule has 0 saturated heterocycles. The fourth-order valence-corrected chi connectivity index (χ4v) is 3.31. The van der Waals surface area contributed by atoms with E-state index in [1.807, 2.05) is 18.2 Å². The van der Waals surface area contributed by atoms with Gasteiger partial charge in [0.1, 0.15) is 0 Å². The van der Waals surface area contributed by atoms with Gasteiger partial charge in [-0.1, -0.05) is 37.0 Å². The molecule has 1 aromatic rings. The minimum atomic E-state index is 0.524. The molecule has 1 unspecified atom stereocenters. The molecule has 0 radical (unpaired) electrons. The maximum Gasteiger partial charge on any atom is 0.153 e. The molecule has 94 valence electrons. The summed E-state index contributed by atoms with van der Waals surface area (Å²) in [5.41, 5.74) is 4.46. The summed E-state index contributed by atoms with van der Waals surface area (Å²) in [6.45, 7) is 5.38. The first kappa shape index (κ1) is 12.1. The molecular formula is C14H14Cl2N2. The molecule has 0 N–H and O–H groups in total. The van der Waals surface area contributed by atoms with Crippen LogP contribution in [0.1, 0.15) is 20.3 Å². The molecule has 0 fully saturated rings. The van der Waals surface area contributed by atoms with Gasteiger partial charge in [-0.15, -0.1) is 0 Å². The van der Waals surface area contributed by atoms with Crippen LogP contribution in [-0.2, 0) is 0 Å². The van der Waals surface area contributed by atoms with Gasteiger partial charge >= 0.3 is 0 Å². The van der Waals surface area contributed by atoms with Crippen LogP contribution in [-0.4, -0.2) is 11.7 Å². The van der Waals surface area contributed by atoms with Crippen LogP contribution in [0.4, 0.5) is 11.4 Å². The highest BCUT2D eigenvalue weighted by Crippen LogP contribution is 2.44. The molecule has 2 nitrogen and oxygen atoms in total. The van der Waals surface area contributed by atoms with Crippen molar-refractivity contribution in [2.75, 3.05) is 11.4 Å². The SMILES string of the molecule is CCC1=C2C(Cl)=Nc3cc(Cl)ccc3N2CC1C. The van der Waals surface area contributed by atoms with Crippen LogP contribution in [0.25, 0.3) is 0 Å². The van der Waals surface area contributed by atoms with Gasteiger partial charge in [0.25, 0.3) is 0 Å². The third-order valence-corrected chi connectivity index (χ3v) is 4.15. The first-order chi connectivity index (χ1) is 8.61. The zero-order chi connectivity index (χ0) is 12.9. The summed E-state index contributed by atoms with van der Waals surface area (Å²) in [5.74, 6) is 0.524. The largest absolute Gasteiger partial charge is 0.337 e. The van der Waals surface area contributed by atoms with E-state index in [-0.39, 0.29) is 0 Å². The lowest BCUT2D eigenvalue weighted by atomic mass is 10.0. The molecule has 2 heterocycles. The summed E-state index contributed by atoms with van der Waals surface area (Å²) >= 11 is 12.4.